The number of hydrogen-bond acceptors (Lipinski definition) is 4. The molecule has 0 bridgehead atoms. The van der Waals surface area contributed by atoms with Crippen molar-refractivity contribution in [3.8, 4) is 0 Å². The molecule has 2 aromatic carbocycles. The molecule has 0 spiro atoms. The molecule has 0 aliphatic carbocycles. The molecule has 132 valence electrons. The number of carbonyl (C=O) groups excluding carboxylic acids is 2. The van der Waals surface area contributed by atoms with Crippen molar-refractivity contribution in [2.75, 3.05) is 5.32 Å². The van der Waals surface area contributed by atoms with E-state index in [1.54, 1.807) is 24.4 Å². The summed E-state index contributed by atoms with van der Waals surface area (Å²) in [5, 5.41) is 4.12. The number of nitrogens with zero attached hydrogens (tertiary/aromatic N) is 1. The lowest BCUT2D eigenvalue weighted by Gasteiger charge is -2.15. The van der Waals surface area contributed by atoms with Crippen LogP contribution in [0.2, 0.25) is 10.0 Å². The van der Waals surface area contributed by atoms with Crippen LogP contribution in [0.3, 0.4) is 0 Å². The molecule has 1 amide bonds. The number of fused-ring (bicyclic) bond motifs is 1. The van der Waals surface area contributed by atoms with Crippen molar-refractivity contribution in [3.63, 3.8) is 0 Å². The van der Waals surface area contributed by atoms with Gasteiger partial charge in [-0.3, -0.25) is 9.78 Å². The lowest BCUT2D eigenvalue weighted by molar-refractivity contribution is -0.123. The van der Waals surface area contributed by atoms with Crippen molar-refractivity contribution in [1.82, 2.24) is 4.98 Å². The van der Waals surface area contributed by atoms with E-state index in [1.165, 1.54) is 25.1 Å². The molecule has 0 aliphatic rings. The Kier molecular flexibility index (Phi) is 5.40. The van der Waals surface area contributed by atoms with E-state index in [-0.39, 0.29) is 10.6 Å². The van der Waals surface area contributed by atoms with Crippen LogP contribution >= 0.6 is 23.2 Å². The molecule has 0 saturated heterocycles. The van der Waals surface area contributed by atoms with Gasteiger partial charge >= 0.3 is 5.97 Å². The fourth-order valence-corrected chi connectivity index (χ4v) is 2.86. The maximum atomic E-state index is 12.4. The number of esters is 1. The minimum atomic E-state index is -1.01. The predicted molar refractivity (Wildman–Crippen MR) is 102 cm³/mol. The Morgan fingerprint density at radius 3 is 2.69 bits per heavy atom. The zero-order valence-electron chi connectivity index (χ0n) is 13.7. The van der Waals surface area contributed by atoms with E-state index in [9.17, 15) is 9.59 Å². The van der Waals surface area contributed by atoms with Gasteiger partial charge in [-0.25, -0.2) is 4.79 Å². The quantitative estimate of drug-likeness (QED) is 0.656. The molecule has 1 heterocycles. The van der Waals surface area contributed by atoms with Gasteiger partial charge in [0.15, 0.2) is 6.10 Å². The molecule has 1 unspecified atom stereocenters. The second-order valence-electron chi connectivity index (χ2n) is 5.54. The van der Waals surface area contributed by atoms with Crippen LogP contribution in [0.4, 0.5) is 5.69 Å². The first-order chi connectivity index (χ1) is 12.5. The first-order valence-corrected chi connectivity index (χ1v) is 8.52. The first kappa shape index (κ1) is 18.2. The number of halogens is 2. The monoisotopic (exact) mass is 388 g/mol. The van der Waals surface area contributed by atoms with Crippen LogP contribution in [-0.2, 0) is 9.53 Å². The molecule has 3 aromatic rings. The summed E-state index contributed by atoms with van der Waals surface area (Å²) in [6.45, 7) is 1.49. The lowest BCUT2D eigenvalue weighted by atomic mass is 10.1. The van der Waals surface area contributed by atoms with Gasteiger partial charge in [-0.05, 0) is 49.4 Å². The topological polar surface area (TPSA) is 68.3 Å². The van der Waals surface area contributed by atoms with Crippen molar-refractivity contribution in [2.24, 2.45) is 0 Å². The number of hydrogen-bond donors (Lipinski definition) is 1. The minimum absolute atomic E-state index is 0.144. The van der Waals surface area contributed by atoms with Crippen LogP contribution in [0.15, 0.2) is 54.7 Å². The van der Waals surface area contributed by atoms with E-state index in [0.717, 1.165) is 10.9 Å². The van der Waals surface area contributed by atoms with Crippen LogP contribution in [0.5, 0.6) is 0 Å². The zero-order chi connectivity index (χ0) is 18.7. The highest BCUT2D eigenvalue weighted by atomic mass is 35.5. The van der Waals surface area contributed by atoms with Gasteiger partial charge in [-0.1, -0.05) is 29.3 Å². The summed E-state index contributed by atoms with van der Waals surface area (Å²) in [7, 11) is 0. The molecule has 26 heavy (non-hydrogen) atoms. The third-order valence-electron chi connectivity index (χ3n) is 3.71. The molecule has 0 saturated carbocycles. The molecular formula is C19H14Cl2N2O3. The fraction of sp³-hybridized carbons (Fsp3) is 0.105. The molecule has 1 atom stereocenters. The van der Waals surface area contributed by atoms with Crippen molar-refractivity contribution < 1.29 is 14.3 Å². The Morgan fingerprint density at radius 1 is 1.12 bits per heavy atom. The highest BCUT2D eigenvalue weighted by Gasteiger charge is 2.21. The van der Waals surface area contributed by atoms with E-state index in [1.807, 2.05) is 12.1 Å². The number of rotatable bonds is 4. The number of anilines is 1. The van der Waals surface area contributed by atoms with Gasteiger partial charge in [0.2, 0.25) is 0 Å². The molecule has 7 heteroatoms. The number of amides is 1. The van der Waals surface area contributed by atoms with E-state index < -0.39 is 18.0 Å². The van der Waals surface area contributed by atoms with Crippen LogP contribution < -0.4 is 5.32 Å². The van der Waals surface area contributed by atoms with E-state index in [4.69, 9.17) is 27.9 Å². The second-order valence-corrected chi connectivity index (χ2v) is 6.38. The molecule has 1 aromatic heterocycles. The van der Waals surface area contributed by atoms with Crippen molar-refractivity contribution >= 4 is 51.7 Å². The van der Waals surface area contributed by atoms with Crippen LogP contribution in [-0.4, -0.2) is 23.0 Å². The van der Waals surface area contributed by atoms with Gasteiger partial charge < -0.3 is 10.1 Å². The maximum absolute atomic E-state index is 12.4. The Hall–Kier alpha value is -2.63. The van der Waals surface area contributed by atoms with Gasteiger partial charge in [-0.2, -0.15) is 0 Å². The summed E-state index contributed by atoms with van der Waals surface area (Å²) >= 11 is 11.8. The van der Waals surface area contributed by atoms with Crippen LogP contribution in [0.1, 0.15) is 17.3 Å². The molecule has 5 nitrogen and oxygen atoms in total. The van der Waals surface area contributed by atoms with Gasteiger partial charge in [-0.15, -0.1) is 0 Å². The Balaban J connectivity index is 1.72. The molecule has 1 N–H and O–H groups in total. The average Bonchev–Trinajstić information content (AvgIpc) is 2.61. The van der Waals surface area contributed by atoms with Crippen molar-refractivity contribution in [2.45, 2.75) is 13.0 Å². The van der Waals surface area contributed by atoms with Crippen molar-refractivity contribution in [1.29, 1.82) is 0 Å². The van der Waals surface area contributed by atoms with Crippen molar-refractivity contribution in [3.05, 3.63) is 70.3 Å². The van der Waals surface area contributed by atoms with E-state index in [0.29, 0.717) is 10.7 Å². The van der Waals surface area contributed by atoms with Crippen LogP contribution in [0, 0.1) is 0 Å². The predicted octanol–water partition coefficient (Wildman–Crippen LogP) is 4.73. The van der Waals surface area contributed by atoms with E-state index >= 15 is 0 Å². The number of ether oxygens (including phenoxy) is 1. The van der Waals surface area contributed by atoms with Gasteiger partial charge in [0.05, 0.1) is 21.8 Å². The van der Waals surface area contributed by atoms with Gasteiger partial charge in [0.25, 0.3) is 5.91 Å². The molecule has 0 aliphatic heterocycles. The van der Waals surface area contributed by atoms with E-state index in [2.05, 4.69) is 10.3 Å². The summed E-state index contributed by atoms with van der Waals surface area (Å²) < 4.78 is 5.21. The normalized spacial score (nSPS) is 11.8. The smallest absolute Gasteiger partial charge is 0.340 e. The number of aromatic nitrogens is 1. The third-order valence-corrected chi connectivity index (χ3v) is 4.26. The average molecular weight is 389 g/mol. The Morgan fingerprint density at radius 2 is 1.92 bits per heavy atom. The fourth-order valence-electron chi connectivity index (χ4n) is 2.38. The van der Waals surface area contributed by atoms with Gasteiger partial charge in [0.1, 0.15) is 0 Å². The number of carbonyl (C=O) groups is 2. The molecule has 0 fully saturated rings. The third kappa shape index (κ3) is 3.95. The summed E-state index contributed by atoms with van der Waals surface area (Å²) in [6.07, 6.45) is 0.662. The Bertz CT molecular complexity index is 986. The maximum Gasteiger partial charge on any atom is 0.340 e. The molecule has 3 rings (SSSR count). The first-order valence-electron chi connectivity index (χ1n) is 7.76. The second kappa shape index (κ2) is 7.72. The number of pyridine rings is 1. The summed E-state index contributed by atoms with van der Waals surface area (Å²) in [6, 6.07) is 13.4. The zero-order valence-corrected chi connectivity index (χ0v) is 15.2. The highest BCUT2D eigenvalue weighted by Crippen LogP contribution is 2.23. The molecular weight excluding hydrogens is 375 g/mol. The van der Waals surface area contributed by atoms with Gasteiger partial charge in [0, 0.05) is 16.6 Å². The number of benzene rings is 2. The Labute approximate surface area is 159 Å². The molecule has 0 radical (unpaired) electrons. The van der Waals surface area contributed by atoms with Crippen LogP contribution in [0.25, 0.3) is 10.9 Å². The summed E-state index contributed by atoms with van der Waals surface area (Å²) in [5.74, 6) is -1.16. The summed E-state index contributed by atoms with van der Waals surface area (Å²) in [4.78, 5) is 28.9. The highest BCUT2D eigenvalue weighted by molar-refractivity contribution is 6.36. The standard InChI is InChI=1S/C19H14Cl2N2O3/c1-11(26-19(25)13-8-7-12(20)10-15(13)21)18(24)23-17-6-2-5-16-14(17)4-3-9-22-16/h2-11H,1H3,(H,23,24). The number of nitrogens with one attached hydrogen (secondary N) is 1. The lowest BCUT2D eigenvalue weighted by Crippen LogP contribution is -2.30. The minimum Gasteiger partial charge on any atom is -0.449 e. The largest absolute Gasteiger partial charge is 0.449 e. The SMILES string of the molecule is CC(OC(=O)c1ccc(Cl)cc1Cl)C(=O)Nc1cccc2ncccc12. The summed E-state index contributed by atoms with van der Waals surface area (Å²) in [5.41, 5.74) is 1.49.